The fourth-order valence-corrected chi connectivity index (χ4v) is 1.60. The van der Waals surface area contributed by atoms with Crippen molar-refractivity contribution in [3.8, 4) is 0 Å². The van der Waals surface area contributed by atoms with Crippen molar-refractivity contribution in [3.05, 3.63) is 35.4 Å². The molecule has 2 nitrogen and oxygen atoms in total. The lowest BCUT2D eigenvalue weighted by molar-refractivity contribution is 0.346. The van der Waals surface area contributed by atoms with E-state index in [-0.39, 0.29) is 0 Å². The second-order valence-corrected chi connectivity index (χ2v) is 4.32. The first kappa shape index (κ1) is 13.2. The second kappa shape index (κ2) is 7.42. The lowest BCUT2D eigenvalue weighted by Gasteiger charge is -2.14. The van der Waals surface area contributed by atoms with Crippen molar-refractivity contribution in [2.75, 3.05) is 20.1 Å². The number of rotatable bonds is 7. The molecule has 0 fully saturated rings. The van der Waals surface area contributed by atoms with Crippen molar-refractivity contribution < 1.29 is 0 Å². The summed E-state index contributed by atoms with van der Waals surface area (Å²) >= 11 is 0. The van der Waals surface area contributed by atoms with Crippen LogP contribution in [0.2, 0.25) is 0 Å². The third-order valence-electron chi connectivity index (χ3n) is 2.77. The normalized spacial score (nSPS) is 11.0. The lowest BCUT2D eigenvalue weighted by atomic mass is 10.1. The van der Waals surface area contributed by atoms with Crippen LogP contribution in [0.3, 0.4) is 0 Å². The van der Waals surface area contributed by atoms with Gasteiger partial charge in [-0.3, -0.25) is 0 Å². The molecule has 0 saturated heterocycles. The summed E-state index contributed by atoms with van der Waals surface area (Å²) in [5, 5.41) is 3.41. The Morgan fingerprint density at radius 1 is 1.06 bits per heavy atom. The first-order valence-corrected chi connectivity index (χ1v) is 6.23. The highest BCUT2D eigenvalue weighted by molar-refractivity contribution is 5.22. The van der Waals surface area contributed by atoms with E-state index in [0.717, 1.165) is 26.2 Å². The zero-order chi connectivity index (χ0) is 11.8. The summed E-state index contributed by atoms with van der Waals surface area (Å²) in [5.74, 6) is 0. The van der Waals surface area contributed by atoms with E-state index in [1.54, 1.807) is 0 Å². The van der Waals surface area contributed by atoms with Crippen LogP contribution in [0.15, 0.2) is 24.3 Å². The summed E-state index contributed by atoms with van der Waals surface area (Å²) in [6.45, 7) is 8.59. The Labute approximate surface area is 99.7 Å². The Kier molecular flexibility index (Phi) is 6.12. The Morgan fingerprint density at radius 3 is 2.25 bits per heavy atom. The van der Waals surface area contributed by atoms with Gasteiger partial charge in [0.05, 0.1) is 0 Å². The van der Waals surface area contributed by atoms with Crippen LogP contribution in [0.5, 0.6) is 0 Å². The molecule has 1 rings (SSSR count). The molecule has 0 amide bonds. The predicted molar refractivity (Wildman–Crippen MR) is 70.4 cm³/mol. The number of nitrogens with one attached hydrogen (secondary N) is 1. The van der Waals surface area contributed by atoms with E-state index in [1.165, 1.54) is 17.5 Å². The molecule has 0 heterocycles. The molecule has 0 atom stereocenters. The molecule has 90 valence electrons. The van der Waals surface area contributed by atoms with Gasteiger partial charge in [0.15, 0.2) is 0 Å². The minimum atomic E-state index is 0.984. The molecule has 0 aliphatic carbocycles. The largest absolute Gasteiger partial charge is 0.313 e. The molecule has 0 aromatic heterocycles. The Bertz CT molecular complexity index is 279. The second-order valence-electron chi connectivity index (χ2n) is 4.32. The summed E-state index contributed by atoms with van der Waals surface area (Å²) in [7, 11) is 2.15. The van der Waals surface area contributed by atoms with Crippen molar-refractivity contribution in [1.29, 1.82) is 0 Å². The molecule has 0 radical (unpaired) electrons. The van der Waals surface area contributed by atoms with E-state index in [1.807, 2.05) is 0 Å². The van der Waals surface area contributed by atoms with E-state index < -0.39 is 0 Å². The average molecular weight is 220 g/mol. The minimum Gasteiger partial charge on any atom is -0.313 e. The molecule has 0 spiro atoms. The fraction of sp³-hybridized carbons (Fsp3) is 0.571. The SMILES string of the molecule is CCCNCc1ccc(CN(C)CC)cc1. The summed E-state index contributed by atoms with van der Waals surface area (Å²) in [6, 6.07) is 8.91. The molecule has 0 unspecified atom stereocenters. The minimum absolute atomic E-state index is 0.984. The molecule has 0 bridgehead atoms. The van der Waals surface area contributed by atoms with E-state index in [4.69, 9.17) is 0 Å². The van der Waals surface area contributed by atoms with Gasteiger partial charge < -0.3 is 10.2 Å². The third kappa shape index (κ3) is 4.77. The highest BCUT2D eigenvalue weighted by Crippen LogP contribution is 2.06. The molecular formula is C14H24N2. The topological polar surface area (TPSA) is 15.3 Å². The van der Waals surface area contributed by atoms with Gasteiger partial charge in [0.25, 0.3) is 0 Å². The third-order valence-corrected chi connectivity index (χ3v) is 2.77. The van der Waals surface area contributed by atoms with Crippen LogP contribution in [0.4, 0.5) is 0 Å². The molecule has 1 N–H and O–H groups in total. The summed E-state index contributed by atoms with van der Waals surface area (Å²) < 4.78 is 0. The quantitative estimate of drug-likeness (QED) is 0.711. The molecule has 0 aliphatic heterocycles. The van der Waals surface area contributed by atoms with Crippen LogP contribution < -0.4 is 5.32 Å². The molecule has 0 aliphatic rings. The van der Waals surface area contributed by atoms with Gasteiger partial charge in [-0.25, -0.2) is 0 Å². The maximum atomic E-state index is 3.41. The van der Waals surface area contributed by atoms with Crippen molar-refractivity contribution in [1.82, 2.24) is 10.2 Å². The molecule has 0 saturated carbocycles. The van der Waals surface area contributed by atoms with E-state index in [2.05, 4.69) is 55.4 Å². The zero-order valence-corrected chi connectivity index (χ0v) is 10.8. The molecular weight excluding hydrogens is 196 g/mol. The average Bonchev–Trinajstić information content (AvgIpc) is 2.31. The van der Waals surface area contributed by atoms with Crippen molar-refractivity contribution in [2.24, 2.45) is 0 Å². The molecule has 1 aromatic rings. The highest BCUT2D eigenvalue weighted by Gasteiger charge is 1.98. The maximum Gasteiger partial charge on any atom is 0.0230 e. The number of hydrogen-bond donors (Lipinski definition) is 1. The fourth-order valence-electron chi connectivity index (χ4n) is 1.60. The first-order valence-electron chi connectivity index (χ1n) is 6.23. The van der Waals surface area contributed by atoms with Crippen LogP contribution in [0, 0.1) is 0 Å². The highest BCUT2D eigenvalue weighted by atomic mass is 15.1. The van der Waals surface area contributed by atoms with Gasteiger partial charge in [0.1, 0.15) is 0 Å². The van der Waals surface area contributed by atoms with Gasteiger partial charge in [-0.2, -0.15) is 0 Å². The van der Waals surface area contributed by atoms with E-state index in [9.17, 15) is 0 Å². The van der Waals surface area contributed by atoms with Gasteiger partial charge in [0.2, 0.25) is 0 Å². The number of hydrogen-bond acceptors (Lipinski definition) is 2. The van der Waals surface area contributed by atoms with Crippen molar-refractivity contribution in [2.45, 2.75) is 33.4 Å². The Morgan fingerprint density at radius 2 is 1.69 bits per heavy atom. The van der Waals surface area contributed by atoms with Crippen LogP contribution in [-0.2, 0) is 13.1 Å². The molecule has 16 heavy (non-hydrogen) atoms. The maximum absolute atomic E-state index is 3.41. The van der Waals surface area contributed by atoms with Crippen molar-refractivity contribution >= 4 is 0 Å². The summed E-state index contributed by atoms with van der Waals surface area (Å²) in [5.41, 5.74) is 2.76. The monoisotopic (exact) mass is 220 g/mol. The predicted octanol–water partition coefficient (Wildman–Crippen LogP) is 2.64. The smallest absolute Gasteiger partial charge is 0.0230 e. The van der Waals surface area contributed by atoms with Crippen molar-refractivity contribution in [3.63, 3.8) is 0 Å². The standard InChI is InChI=1S/C14H24N2/c1-4-10-15-11-13-6-8-14(9-7-13)12-16(3)5-2/h6-9,15H,4-5,10-12H2,1-3H3. The van der Waals surface area contributed by atoms with Gasteiger partial charge in [-0.15, -0.1) is 0 Å². The summed E-state index contributed by atoms with van der Waals surface area (Å²) in [4.78, 5) is 2.31. The Hall–Kier alpha value is -0.860. The molecule has 2 heteroatoms. The zero-order valence-electron chi connectivity index (χ0n) is 10.8. The van der Waals surface area contributed by atoms with Crippen LogP contribution in [0.25, 0.3) is 0 Å². The van der Waals surface area contributed by atoms with Gasteiger partial charge in [-0.05, 0) is 37.7 Å². The van der Waals surface area contributed by atoms with Gasteiger partial charge in [0, 0.05) is 13.1 Å². The van der Waals surface area contributed by atoms with Gasteiger partial charge >= 0.3 is 0 Å². The van der Waals surface area contributed by atoms with E-state index in [0.29, 0.717) is 0 Å². The van der Waals surface area contributed by atoms with Crippen LogP contribution >= 0.6 is 0 Å². The first-order chi connectivity index (χ1) is 7.76. The number of nitrogens with zero attached hydrogens (tertiary/aromatic N) is 1. The summed E-state index contributed by atoms with van der Waals surface area (Å²) in [6.07, 6.45) is 1.19. The van der Waals surface area contributed by atoms with Crippen LogP contribution in [-0.4, -0.2) is 25.0 Å². The number of benzene rings is 1. The van der Waals surface area contributed by atoms with Crippen LogP contribution in [0.1, 0.15) is 31.4 Å². The molecule has 1 aromatic carbocycles. The van der Waals surface area contributed by atoms with E-state index >= 15 is 0 Å². The lowest BCUT2D eigenvalue weighted by Crippen LogP contribution is -2.17. The van der Waals surface area contributed by atoms with Gasteiger partial charge in [-0.1, -0.05) is 38.1 Å². The Balaban J connectivity index is 2.41.